The Kier molecular flexibility index (Phi) is 5.94. The Hall–Kier alpha value is -1.20. The van der Waals surface area contributed by atoms with Crippen molar-refractivity contribution in [2.45, 2.75) is 19.1 Å². The van der Waals surface area contributed by atoms with E-state index in [1.54, 1.807) is 24.5 Å². The number of nitrogens with one attached hydrogen (secondary N) is 1. The van der Waals surface area contributed by atoms with Gasteiger partial charge in [0.2, 0.25) is 0 Å². The zero-order valence-electron chi connectivity index (χ0n) is 11.6. The Morgan fingerprint density at radius 3 is 2.81 bits per heavy atom. The number of furan rings is 1. The summed E-state index contributed by atoms with van der Waals surface area (Å²) >= 11 is 11.8. The normalized spacial score (nSPS) is 13.9. The van der Waals surface area contributed by atoms with Gasteiger partial charge in [-0.2, -0.15) is 0 Å². The van der Waals surface area contributed by atoms with Crippen molar-refractivity contribution >= 4 is 23.2 Å². The summed E-state index contributed by atoms with van der Waals surface area (Å²) in [6, 6.07) is 8.70. The van der Waals surface area contributed by atoms with Gasteiger partial charge < -0.3 is 19.6 Å². The molecule has 2 aromatic rings. The number of benzene rings is 1. The third kappa shape index (κ3) is 4.93. The number of hydrogen-bond acceptors (Lipinski definition) is 4. The predicted molar refractivity (Wildman–Crippen MR) is 83.1 cm³/mol. The van der Waals surface area contributed by atoms with Crippen LogP contribution in [0.25, 0.3) is 0 Å². The van der Waals surface area contributed by atoms with Crippen LogP contribution in [-0.2, 0) is 0 Å². The molecule has 0 radical (unpaired) electrons. The SMILES string of the molecule is C[C@@H](NCC(O)COc1ccc(Cl)cc1Cl)c1ccco1. The largest absolute Gasteiger partial charge is 0.489 e. The van der Waals surface area contributed by atoms with Crippen LogP contribution in [0.4, 0.5) is 0 Å². The number of halogens is 2. The molecule has 1 heterocycles. The highest BCUT2D eigenvalue weighted by molar-refractivity contribution is 6.35. The minimum absolute atomic E-state index is 0.0220. The number of aliphatic hydroxyl groups excluding tert-OH is 1. The molecule has 114 valence electrons. The molecule has 0 spiro atoms. The van der Waals surface area contributed by atoms with Crippen molar-refractivity contribution in [3.05, 3.63) is 52.4 Å². The molecule has 1 aromatic heterocycles. The second-order valence-electron chi connectivity index (χ2n) is 4.68. The van der Waals surface area contributed by atoms with Crippen molar-refractivity contribution in [2.75, 3.05) is 13.2 Å². The van der Waals surface area contributed by atoms with Crippen LogP contribution >= 0.6 is 23.2 Å². The molecule has 0 saturated carbocycles. The standard InChI is InChI=1S/C15H17Cl2NO3/c1-10(14-3-2-6-20-14)18-8-12(19)9-21-15-5-4-11(16)7-13(15)17/h2-7,10,12,18-19H,8-9H2,1H3/t10-,12?/m1/s1. The summed E-state index contributed by atoms with van der Waals surface area (Å²) in [6.45, 7) is 2.48. The lowest BCUT2D eigenvalue weighted by Gasteiger charge is -2.16. The lowest BCUT2D eigenvalue weighted by molar-refractivity contribution is 0.103. The van der Waals surface area contributed by atoms with Crippen molar-refractivity contribution in [1.29, 1.82) is 0 Å². The lowest BCUT2D eigenvalue weighted by atomic mass is 10.2. The summed E-state index contributed by atoms with van der Waals surface area (Å²) < 4.78 is 10.8. The van der Waals surface area contributed by atoms with Gasteiger partial charge in [0.1, 0.15) is 24.2 Å². The van der Waals surface area contributed by atoms with E-state index in [4.69, 9.17) is 32.4 Å². The van der Waals surface area contributed by atoms with Crippen molar-refractivity contribution < 1.29 is 14.3 Å². The second kappa shape index (κ2) is 7.71. The molecule has 1 unspecified atom stereocenters. The molecule has 21 heavy (non-hydrogen) atoms. The molecule has 0 aliphatic heterocycles. The van der Waals surface area contributed by atoms with Gasteiger partial charge in [0.15, 0.2) is 0 Å². The van der Waals surface area contributed by atoms with Crippen LogP contribution in [0.15, 0.2) is 41.0 Å². The first-order chi connectivity index (χ1) is 10.1. The number of rotatable bonds is 7. The summed E-state index contributed by atoms with van der Waals surface area (Å²) in [4.78, 5) is 0. The average Bonchev–Trinajstić information content (AvgIpc) is 2.98. The zero-order valence-corrected chi connectivity index (χ0v) is 13.1. The van der Waals surface area contributed by atoms with Crippen molar-refractivity contribution in [3.63, 3.8) is 0 Å². The van der Waals surface area contributed by atoms with Gasteiger partial charge >= 0.3 is 0 Å². The molecule has 6 heteroatoms. The zero-order chi connectivity index (χ0) is 15.2. The van der Waals surface area contributed by atoms with E-state index in [9.17, 15) is 5.11 Å². The van der Waals surface area contributed by atoms with E-state index in [2.05, 4.69) is 5.32 Å². The van der Waals surface area contributed by atoms with Crippen LogP contribution in [0.5, 0.6) is 5.75 Å². The molecule has 1 aromatic carbocycles. The first-order valence-electron chi connectivity index (χ1n) is 6.59. The third-order valence-corrected chi connectivity index (χ3v) is 3.49. The topological polar surface area (TPSA) is 54.6 Å². The van der Waals surface area contributed by atoms with Crippen LogP contribution < -0.4 is 10.1 Å². The average molecular weight is 330 g/mol. The van der Waals surface area contributed by atoms with E-state index in [-0.39, 0.29) is 12.6 Å². The second-order valence-corrected chi connectivity index (χ2v) is 5.53. The van der Waals surface area contributed by atoms with E-state index in [0.717, 1.165) is 5.76 Å². The quantitative estimate of drug-likeness (QED) is 0.813. The summed E-state index contributed by atoms with van der Waals surface area (Å²) in [5.41, 5.74) is 0. The maximum atomic E-state index is 9.92. The minimum atomic E-state index is -0.658. The van der Waals surface area contributed by atoms with Crippen molar-refractivity contribution in [1.82, 2.24) is 5.32 Å². The summed E-state index contributed by atoms with van der Waals surface area (Å²) in [5, 5.41) is 14.0. The number of aliphatic hydroxyl groups is 1. The highest BCUT2D eigenvalue weighted by atomic mass is 35.5. The molecule has 0 bridgehead atoms. The third-order valence-electron chi connectivity index (χ3n) is 2.95. The summed E-state index contributed by atoms with van der Waals surface area (Å²) in [7, 11) is 0. The molecule has 0 fully saturated rings. The fraction of sp³-hybridized carbons (Fsp3) is 0.333. The first kappa shape index (κ1) is 16.2. The van der Waals surface area contributed by atoms with Gasteiger partial charge in [0.25, 0.3) is 0 Å². The highest BCUT2D eigenvalue weighted by Gasteiger charge is 2.12. The van der Waals surface area contributed by atoms with Crippen molar-refractivity contribution in [2.24, 2.45) is 0 Å². The predicted octanol–water partition coefficient (Wildman–Crippen LogP) is 3.68. The van der Waals surface area contributed by atoms with Crippen LogP contribution in [-0.4, -0.2) is 24.4 Å². The minimum Gasteiger partial charge on any atom is -0.489 e. The molecular weight excluding hydrogens is 313 g/mol. The molecule has 0 aliphatic rings. The monoisotopic (exact) mass is 329 g/mol. The van der Waals surface area contributed by atoms with Gasteiger partial charge in [0.05, 0.1) is 17.3 Å². The van der Waals surface area contributed by atoms with E-state index < -0.39 is 6.10 Å². The molecule has 2 atom stereocenters. The Morgan fingerprint density at radius 1 is 1.33 bits per heavy atom. The van der Waals surface area contributed by atoms with Gasteiger partial charge in [-0.15, -0.1) is 0 Å². The lowest BCUT2D eigenvalue weighted by Crippen LogP contribution is -2.32. The maximum absolute atomic E-state index is 9.92. The van der Waals surface area contributed by atoms with Gasteiger partial charge in [-0.05, 0) is 37.3 Å². The first-order valence-corrected chi connectivity index (χ1v) is 7.34. The fourth-order valence-corrected chi connectivity index (χ4v) is 2.25. The van der Waals surface area contributed by atoms with E-state index >= 15 is 0 Å². The van der Waals surface area contributed by atoms with Crippen molar-refractivity contribution in [3.8, 4) is 5.75 Å². The van der Waals surface area contributed by atoms with Crippen LogP contribution in [0.1, 0.15) is 18.7 Å². The molecule has 2 N–H and O–H groups in total. The van der Waals surface area contributed by atoms with Gasteiger partial charge in [-0.3, -0.25) is 0 Å². The Labute approximate surface area is 133 Å². The van der Waals surface area contributed by atoms with Gasteiger partial charge in [-0.25, -0.2) is 0 Å². The van der Waals surface area contributed by atoms with Gasteiger partial charge in [-0.1, -0.05) is 23.2 Å². The highest BCUT2D eigenvalue weighted by Crippen LogP contribution is 2.27. The molecule has 2 rings (SSSR count). The van der Waals surface area contributed by atoms with E-state index in [0.29, 0.717) is 22.3 Å². The maximum Gasteiger partial charge on any atom is 0.138 e. The Morgan fingerprint density at radius 2 is 2.14 bits per heavy atom. The van der Waals surface area contributed by atoms with E-state index in [1.807, 2.05) is 19.1 Å². The van der Waals surface area contributed by atoms with Crippen LogP contribution in [0, 0.1) is 0 Å². The smallest absolute Gasteiger partial charge is 0.138 e. The summed E-state index contributed by atoms with van der Waals surface area (Å²) in [6.07, 6.45) is 0.962. The van der Waals surface area contributed by atoms with E-state index in [1.165, 1.54) is 0 Å². The molecular formula is C15H17Cl2NO3. The number of ether oxygens (including phenoxy) is 1. The fourth-order valence-electron chi connectivity index (χ4n) is 1.79. The summed E-state index contributed by atoms with van der Waals surface area (Å²) in [5.74, 6) is 1.32. The molecule has 4 nitrogen and oxygen atoms in total. The number of hydrogen-bond donors (Lipinski definition) is 2. The van der Waals surface area contributed by atoms with Crippen LogP contribution in [0.3, 0.4) is 0 Å². The molecule has 0 saturated heterocycles. The Balaban J connectivity index is 1.75. The molecule has 0 amide bonds. The van der Waals surface area contributed by atoms with Crippen LogP contribution in [0.2, 0.25) is 10.0 Å². The molecule has 0 aliphatic carbocycles. The Bertz CT molecular complexity index is 560. The van der Waals surface area contributed by atoms with Gasteiger partial charge in [0, 0.05) is 11.6 Å².